The van der Waals surface area contributed by atoms with E-state index < -0.39 is 0 Å². The maximum Gasteiger partial charge on any atom is -0.0302 e. The second-order valence-electron chi connectivity index (χ2n) is 6.38. The molecule has 2 atom stereocenters. The molecule has 1 fully saturated rings. The minimum atomic E-state index is 0.456. The first-order chi connectivity index (χ1) is 6.40. The average molecular weight is 194 g/mol. The first-order valence-corrected chi connectivity index (χ1v) is 6.05. The summed E-state index contributed by atoms with van der Waals surface area (Å²) in [5.74, 6) is 2.93. The molecule has 2 unspecified atom stereocenters. The van der Waals surface area contributed by atoms with E-state index in [0.29, 0.717) is 5.41 Å². The highest BCUT2D eigenvalue weighted by Crippen LogP contribution is 2.46. The molecule has 0 aromatic rings. The third kappa shape index (κ3) is 4.30. The summed E-state index contributed by atoms with van der Waals surface area (Å²) in [6.45, 7) is 11.6. The Morgan fingerprint density at radius 2 is 1.86 bits per heavy atom. The fourth-order valence-electron chi connectivity index (χ4n) is 2.07. The minimum Gasteiger partial charge on any atom is -0.0882 e. The quantitative estimate of drug-likeness (QED) is 0.571. The summed E-state index contributed by atoms with van der Waals surface area (Å²) in [6.07, 6.45) is 8.77. The van der Waals surface area contributed by atoms with Crippen LogP contribution in [0.1, 0.15) is 53.9 Å². The lowest BCUT2D eigenvalue weighted by Gasteiger charge is -2.14. The van der Waals surface area contributed by atoms with Crippen LogP contribution in [0.2, 0.25) is 0 Å². The largest absolute Gasteiger partial charge is 0.0882 e. The summed E-state index contributed by atoms with van der Waals surface area (Å²) < 4.78 is 0. The van der Waals surface area contributed by atoms with E-state index >= 15 is 0 Å². The maximum atomic E-state index is 2.40. The SMILES string of the molecule is CC(C)C1CC1C/C=C/CC(C)(C)C. The van der Waals surface area contributed by atoms with Gasteiger partial charge in [-0.05, 0) is 42.4 Å². The third-order valence-corrected chi connectivity index (χ3v) is 3.17. The van der Waals surface area contributed by atoms with Gasteiger partial charge in [0.2, 0.25) is 0 Å². The van der Waals surface area contributed by atoms with Crippen LogP contribution in [0.3, 0.4) is 0 Å². The zero-order chi connectivity index (χ0) is 10.8. The van der Waals surface area contributed by atoms with E-state index in [1.807, 2.05) is 0 Å². The van der Waals surface area contributed by atoms with Gasteiger partial charge in [-0.3, -0.25) is 0 Å². The lowest BCUT2D eigenvalue weighted by atomic mass is 9.92. The van der Waals surface area contributed by atoms with Crippen molar-refractivity contribution < 1.29 is 0 Å². The topological polar surface area (TPSA) is 0 Å². The molecule has 0 heterocycles. The van der Waals surface area contributed by atoms with Gasteiger partial charge in [-0.1, -0.05) is 46.8 Å². The molecule has 1 aliphatic carbocycles. The van der Waals surface area contributed by atoms with Crippen LogP contribution in [-0.4, -0.2) is 0 Å². The van der Waals surface area contributed by atoms with Gasteiger partial charge in [0, 0.05) is 0 Å². The van der Waals surface area contributed by atoms with Crippen LogP contribution in [0.25, 0.3) is 0 Å². The van der Waals surface area contributed by atoms with Crippen LogP contribution in [-0.2, 0) is 0 Å². The predicted molar refractivity (Wildman–Crippen MR) is 64.3 cm³/mol. The molecule has 0 aromatic carbocycles. The maximum absolute atomic E-state index is 2.40. The lowest BCUT2D eigenvalue weighted by Crippen LogP contribution is -2.01. The third-order valence-electron chi connectivity index (χ3n) is 3.17. The molecule has 0 saturated heterocycles. The molecule has 0 bridgehead atoms. The second-order valence-corrected chi connectivity index (χ2v) is 6.38. The number of rotatable bonds is 4. The van der Waals surface area contributed by atoms with Gasteiger partial charge < -0.3 is 0 Å². The molecule has 0 N–H and O–H groups in total. The number of hydrogen-bond donors (Lipinski definition) is 0. The molecular formula is C14H26. The molecule has 1 saturated carbocycles. The first-order valence-electron chi connectivity index (χ1n) is 6.05. The Bertz CT molecular complexity index is 193. The van der Waals surface area contributed by atoms with Crippen molar-refractivity contribution in [1.29, 1.82) is 0 Å². The van der Waals surface area contributed by atoms with E-state index in [2.05, 4.69) is 46.8 Å². The monoisotopic (exact) mass is 194 g/mol. The van der Waals surface area contributed by atoms with Gasteiger partial charge in [0.05, 0.1) is 0 Å². The zero-order valence-corrected chi connectivity index (χ0v) is 10.5. The van der Waals surface area contributed by atoms with E-state index in [1.165, 1.54) is 19.3 Å². The fraction of sp³-hybridized carbons (Fsp3) is 0.857. The summed E-state index contributed by atoms with van der Waals surface area (Å²) in [6, 6.07) is 0. The highest BCUT2D eigenvalue weighted by Gasteiger charge is 2.37. The Morgan fingerprint density at radius 1 is 1.21 bits per heavy atom. The van der Waals surface area contributed by atoms with Crippen LogP contribution in [0, 0.1) is 23.2 Å². The zero-order valence-electron chi connectivity index (χ0n) is 10.5. The van der Waals surface area contributed by atoms with Crippen molar-refractivity contribution in [1.82, 2.24) is 0 Å². The summed E-state index contributed by atoms with van der Waals surface area (Å²) in [7, 11) is 0. The van der Waals surface area contributed by atoms with Gasteiger partial charge in [0.15, 0.2) is 0 Å². The summed E-state index contributed by atoms with van der Waals surface area (Å²) in [5, 5.41) is 0. The molecule has 14 heavy (non-hydrogen) atoms. The normalized spacial score (nSPS) is 27.6. The standard InChI is InChI=1S/C14H26/c1-11(2)13-10-12(13)8-6-7-9-14(3,4)5/h6-7,11-13H,8-10H2,1-5H3/b7-6+. The van der Waals surface area contributed by atoms with E-state index in [1.54, 1.807) is 0 Å². The van der Waals surface area contributed by atoms with Crippen molar-refractivity contribution in [3.05, 3.63) is 12.2 Å². The minimum absolute atomic E-state index is 0.456. The summed E-state index contributed by atoms with van der Waals surface area (Å²) in [5.41, 5.74) is 0.456. The Kier molecular flexibility index (Phi) is 3.80. The number of allylic oxidation sites excluding steroid dienone is 2. The Balaban J connectivity index is 2.11. The molecule has 1 aliphatic rings. The van der Waals surface area contributed by atoms with Gasteiger partial charge in [-0.25, -0.2) is 0 Å². The molecular weight excluding hydrogens is 168 g/mol. The van der Waals surface area contributed by atoms with E-state index in [0.717, 1.165) is 17.8 Å². The Labute approximate surface area is 89.8 Å². The highest BCUT2D eigenvalue weighted by atomic mass is 14.4. The molecule has 0 nitrogen and oxygen atoms in total. The molecule has 0 spiro atoms. The van der Waals surface area contributed by atoms with Crippen molar-refractivity contribution in [2.45, 2.75) is 53.9 Å². The van der Waals surface area contributed by atoms with Gasteiger partial charge in [-0.2, -0.15) is 0 Å². The number of hydrogen-bond acceptors (Lipinski definition) is 0. The molecule has 1 rings (SSSR count). The Hall–Kier alpha value is -0.260. The molecule has 0 amide bonds. The van der Waals surface area contributed by atoms with Crippen LogP contribution in [0.5, 0.6) is 0 Å². The van der Waals surface area contributed by atoms with Crippen LogP contribution >= 0.6 is 0 Å². The summed E-state index contributed by atoms with van der Waals surface area (Å²) >= 11 is 0. The highest BCUT2D eigenvalue weighted by molar-refractivity contribution is 4.96. The lowest BCUT2D eigenvalue weighted by molar-refractivity contribution is 0.420. The predicted octanol–water partition coefficient (Wildman–Crippen LogP) is 4.66. The van der Waals surface area contributed by atoms with Crippen LogP contribution in [0.15, 0.2) is 12.2 Å². The van der Waals surface area contributed by atoms with E-state index in [-0.39, 0.29) is 0 Å². The van der Waals surface area contributed by atoms with Crippen molar-refractivity contribution in [3.8, 4) is 0 Å². The fourth-order valence-corrected chi connectivity index (χ4v) is 2.07. The molecule has 0 radical (unpaired) electrons. The first kappa shape index (κ1) is 11.8. The molecule has 0 heteroatoms. The van der Waals surface area contributed by atoms with Crippen LogP contribution in [0.4, 0.5) is 0 Å². The van der Waals surface area contributed by atoms with Gasteiger partial charge in [0.25, 0.3) is 0 Å². The van der Waals surface area contributed by atoms with E-state index in [9.17, 15) is 0 Å². The van der Waals surface area contributed by atoms with Gasteiger partial charge in [0.1, 0.15) is 0 Å². The van der Waals surface area contributed by atoms with Gasteiger partial charge in [-0.15, -0.1) is 0 Å². The summed E-state index contributed by atoms with van der Waals surface area (Å²) in [4.78, 5) is 0. The second kappa shape index (κ2) is 4.51. The smallest absolute Gasteiger partial charge is 0.0302 e. The van der Waals surface area contributed by atoms with E-state index in [4.69, 9.17) is 0 Å². The molecule has 82 valence electrons. The van der Waals surface area contributed by atoms with Crippen molar-refractivity contribution in [2.24, 2.45) is 23.2 Å². The Morgan fingerprint density at radius 3 is 2.29 bits per heavy atom. The average Bonchev–Trinajstić information content (AvgIpc) is 2.75. The van der Waals surface area contributed by atoms with Gasteiger partial charge >= 0.3 is 0 Å². The van der Waals surface area contributed by atoms with Crippen molar-refractivity contribution in [2.75, 3.05) is 0 Å². The van der Waals surface area contributed by atoms with Crippen molar-refractivity contribution >= 4 is 0 Å². The molecule has 0 aromatic heterocycles. The molecule has 0 aliphatic heterocycles. The van der Waals surface area contributed by atoms with Crippen molar-refractivity contribution in [3.63, 3.8) is 0 Å². The van der Waals surface area contributed by atoms with Crippen LogP contribution < -0.4 is 0 Å².